The molecule has 0 spiro atoms. The zero-order valence-corrected chi connectivity index (χ0v) is 12.7. The van der Waals surface area contributed by atoms with E-state index >= 15 is 0 Å². The zero-order valence-electron chi connectivity index (χ0n) is 11.9. The van der Waals surface area contributed by atoms with Gasteiger partial charge in [0.15, 0.2) is 0 Å². The lowest BCUT2D eigenvalue weighted by atomic mass is 10.2. The molecule has 0 radical (unpaired) electrons. The molecule has 1 saturated heterocycles. The number of methoxy groups -OCH3 is 1. The Labute approximate surface area is 123 Å². The smallest absolute Gasteiger partial charge is 0.409 e. The van der Waals surface area contributed by atoms with Crippen molar-refractivity contribution in [2.75, 3.05) is 27.2 Å². The third-order valence-corrected chi connectivity index (χ3v) is 4.66. The van der Waals surface area contributed by atoms with Crippen molar-refractivity contribution < 1.29 is 22.7 Å². The Morgan fingerprint density at radius 1 is 1.38 bits per heavy atom. The maximum atomic E-state index is 12.1. The van der Waals surface area contributed by atoms with Crippen LogP contribution in [0.15, 0.2) is 29.2 Å². The number of likely N-dealkylation sites (N-methyl/N-ethyl adjacent to an activating group) is 1. The van der Waals surface area contributed by atoms with Crippen LogP contribution in [0.4, 0.5) is 4.79 Å². The number of amides is 1. The van der Waals surface area contributed by atoms with E-state index in [0.29, 0.717) is 18.7 Å². The molecule has 0 bridgehead atoms. The first-order valence-electron chi connectivity index (χ1n) is 6.48. The van der Waals surface area contributed by atoms with Crippen molar-refractivity contribution in [3.05, 3.63) is 24.3 Å². The third-order valence-electron chi connectivity index (χ3n) is 3.18. The first kappa shape index (κ1) is 15.6. The van der Waals surface area contributed by atoms with E-state index in [4.69, 9.17) is 9.47 Å². The van der Waals surface area contributed by atoms with Crippen LogP contribution in [0, 0.1) is 0 Å². The highest BCUT2D eigenvalue weighted by Gasteiger charge is 2.28. The highest BCUT2D eigenvalue weighted by atomic mass is 32.2. The van der Waals surface area contributed by atoms with Gasteiger partial charge < -0.3 is 14.4 Å². The molecule has 8 heteroatoms. The Balaban J connectivity index is 1.88. The molecule has 1 amide bonds. The van der Waals surface area contributed by atoms with Crippen LogP contribution in [0.1, 0.15) is 6.42 Å². The van der Waals surface area contributed by atoms with Gasteiger partial charge in [-0.25, -0.2) is 17.9 Å². The summed E-state index contributed by atoms with van der Waals surface area (Å²) in [5.74, 6) is 0.592. The van der Waals surface area contributed by atoms with Crippen LogP contribution in [-0.4, -0.2) is 52.8 Å². The summed E-state index contributed by atoms with van der Waals surface area (Å²) in [5.41, 5.74) is 0. The van der Waals surface area contributed by atoms with Gasteiger partial charge in [0.1, 0.15) is 11.9 Å². The highest BCUT2D eigenvalue weighted by Crippen LogP contribution is 2.16. The van der Waals surface area contributed by atoms with E-state index in [1.165, 1.54) is 24.1 Å². The molecular formula is C13H18N2O5S. The average molecular weight is 314 g/mol. The van der Waals surface area contributed by atoms with E-state index in [1.807, 2.05) is 0 Å². The molecule has 1 unspecified atom stereocenters. The monoisotopic (exact) mass is 314 g/mol. The van der Waals surface area contributed by atoms with Crippen molar-refractivity contribution in [2.45, 2.75) is 17.4 Å². The van der Waals surface area contributed by atoms with E-state index in [2.05, 4.69) is 4.72 Å². The van der Waals surface area contributed by atoms with E-state index in [0.717, 1.165) is 0 Å². The molecule has 1 N–H and O–H groups in total. The predicted octanol–water partition coefficient (Wildman–Crippen LogP) is 0.814. The van der Waals surface area contributed by atoms with Gasteiger partial charge in [0.05, 0.1) is 18.6 Å². The van der Waals surface area contributed by atoms with Crippen LogP contribution < -0.4 is 9.46 Å². The van der Waals surface area contributed by atoms with E-state index in [-0.39, 0.29) is 23.6 Å². The van der Waals surface area contributed by atoms with Gasteiger partial charge in [0.25, 0.3) is 0 Å². The Kier molecular flexibility index (Phi) is 4.69. The van der Waals surface area contributed by atoms with Crippen LogP contribution >= 0.6 is 0 Å². The number of nitrogens with one attached hydrogen (secondary N) is 1. The van der Waals surface area contributed by atoms with Gasteiger partial charge in [-0.1, -0.05) is 0 Å². The van der Waals surface area contributed by atoms with Gasteiger partial charge >= 0.3 is 6.09 Å². The number of rotatable bonds is 6. The van der Waals surface area contributed by atoms with Gasteiger partial charge in [-0.3, -0.25) is 0 Å². The molecule has 1 atom stereocenters. The molecule has 1 fully saturated rings. The summed E-state index contributed by atoms with van der Waals surface area (Å²) in [7, 11) is -0.405. The van der Waals surface area contributed by atoms with Gasteiger partial charge in [0, 0.05) is 13.6 Å². The number of carbonyl (C=O) groups is 1. The largest absolute Gasteiger partial charge is 0.497 e. The topological polar surface area (TPSA) is 84.9 Å². The molecular weight excluding hydrogens is 296 g/mol. The maximum Gasteiger partial charge on any atom is 0.409 e. The summed E-state index contributed by atoms with van der Waals surface area (Å²) in [5, 5.41) is 0. The second kappa shape index (κ2) is 6.31. The fourth-order valence-electron chi connectivity index (χ4n) is 1.99. The number of benzene rings is 1. The second-order valence-electron chi connectivity index (χ2n) is 4.75. The summed E-state index contributed by atoms with van der Waals surface area (Å²) >= 11 is 0. The van der Waals surface area contributed by atoms with Gasteiger partial charge in [-0.15, -0.1) is 0 Å². The number of sulfonamides is 1. The lowest BCUT2D eigenvalue weighted by Crippen LogP contribution is -2.28. The summed E-state index contributed by atoms with van der Waals surface area (Å²) in [6, 6.07) is 6.12. The minimum atomic E-state index is -3.56. The average Bonchev–Trinajstić information content (AvgIpc) is 2.77. The SMILES string of the molecule is COc1ccc(S(=O)(=O)NCCC2CN(C)C(=O)O2)cc1. The molecule has 1 aromatic carbocycles. The van der Waals surface area contributed by atoms with E-state index in [1.54, 1.807) is 19.2 Å². The van der Waals surface area contributed by atoms with Crippen molar-refractivity contribution in [1.29, 1.82) is 0 Å². The lowest BCUT2D eigenvalue weighted by Gasteiger charge is -2.10. The van der Waals surface area contributed by atoms with Crippen molar-refractivity contribution in [1.82, 2.24) is 9.62 Å². The Bertz CT molecular complexity index is 599. The maximum absolute atomic E-state index is 12.1. The quantitative estimate of drug-likeness (QED) is 0.840. The molecule has 21 heavy (non-hydrogen) atoms. The Morgan fingerprint density at radius 2 is 2.05 bits per heavy atom. The van der Waals surface area contributed by atoms with Crippen molar-refractivity contribution in [3.63, 3.8) is 0 Å². The van der Waals surface area contributed by atoms with Gasteiger partial charge in [-0.05, 0) is 30.7 Å². The molecule has 1 aliphatic rings. The zero-order chi connectivity index (χ0) is 15.5. The van der Waals surface area contributed by atoms with Crippen LogP contribution in [0.25, 0.3) is 0 Å². The summed E-state index contributed by atoms with van der Waals surface area (Å²) in [6.07, 6.45) is -0.218. The number of carbonyl (C=O) groups excluding carboxylic acids is 1. The standard InChI is InChI=1S/C13H18N2O5S/c1-15-9-11(20-13(15)16)7-8-14-21(17,18)12-5-3-10(19-2)4-6-12/h3-6,11,14H,7-9H2,1-2H3. The Morgan fingerprint density at radius 3 is 2.57 bits per heavy atom. The summed E-state index contributed by atoms with van der Waals surface area (Å²) < 4.78 is 36.7. The van der Waals surface area contributed by atoms with Crippen molar-refractivity contribution in [3.8, 4) is 5.75 Å². The predicted molar refractivity (Wildman–Crippen MR) is 75.7 cm³/mol. The Hall–Kier alpha value is -1.80. The minimum Gasteiger partial charge on any atom is -0.497 e. The number of ether oxygens (including phenoxy) is 2. The van der Waals surface area contributed by atoms with Crippen LogP contribution in [0.5, 0.6) is 5.75 Å². The summed E-state index contributed by atoms with van der Waals surface area (Å²) in [6.45, 7) is 0.684. The normalized spacial score (nSPS) is 18.7. The van der Waals surface area contributed by atoms with Crippen LogP contribution in [-0.2, 0) is 14.8 Å². The van der Waals surface area contributed by atoms with Crippen LogP contribution in [0.3, 0.4) is 0 Å². The molecule has 0 saturated carbocycles. The van der Waals surface area contributed by atoms with Gasteiger partial charge in [0.2, 0.25) is 10.0 Å². The molecule has 1 aliphatic heterocycles. The van der Waals surface area contributed by atoms with Gasteiger partial charge in [-0.2, -0.15) is 0 Å². The molecule has 2 rings (SSSR count). The van der Waals surface area contributed by atoms with E-state index in [9.17, 15) is 13.2 Å². The second-order valence-corrected chi connectivity index (χ2v) is 6.52. The van der Waals surface area contributed by atoms with E-state index < -0.39 is 10.0 Å². The minimum absolute atomic E-state index is 0.170. The number of nitrogens with zero attached hydrogens (tertiary/aromatic N) is 1. The molecule has 0 aromatic heterocycles. The number of hydrogen-bond donors (Lipinski definition) is 1. The first-order valence-corrected chi connectivity index (χ1v) is 7.96. The third kappa shape index (κ3) is 3.85. The number of cyclic esters (lactones) is 1. The van der Waals surface area contributed by atoms with Crippen molar-refractivity contribution in [2.24, 2.45) is 0 Å². The van der Waals surface area contributed by atoms with Crippen LogP contribution in [0.2, 0.25) is 0 Å². The molecule has 116 valence electrons. The summed E-state index contributed by atoms with van der Waals surface area (Å²) in [4.78, 5) is 12.8. The molecule has 1 heterocycles. The molecule has 7 nitrogen and oxygen atoms in total. The fourth-order valence-corrected chi connectivity index (χ4v) is 3.04. The lowest BCUT2D eigenvalue weighted by molar-refractivity contribution is 0.131. The first-order chi connectivity index (χ1) is 9.92. The van der Waals surface area contributed by atoms with Crippen molar-refractivity contribution >= 4 is 16.1 Å². The molecule has 1 aromatic rings. The number of hydrogen-bond acceptors (Lipinski definition) is 5. The molecule has 0 aliphatic carbocycles. The fraction of sp³-hybridized carbons (Fsp3) is 0.462. The highest BCUT2D eigenvalue weighted by molar-refractivity contribution is 7.89.